The van der Waals surface area contributed by atoms with Gasteiger partial charge in [-0.2, -0.15) is 4.98 Å². The Balaban J connectivity index is 1.96. The molecular weight excluding hydrogens is 286 g/mol. The van der Waals surface area contributed by atoms with Gasteiger partial charge in [0.25, 0.3) is 5.89 Å². The van der Waals surface area contributed by atoms with Gasteiger partial charge in [-0.05, 0) is 34.8 Å². The summed E-state index contributed by atoms with van der Waals surface area (Å²) < 4.78 is 11.3. The summed E-state index contributed by atoms with van der Waals surface area (Å²) in [5.41, 5.74) is 5.83. The number of halogens is 1. The lowest BCUT2D eigenvalue weighted by Crippen LogP contribution is -2.34. The Hall–Kier alpha value is -1.14. The minimum atomic E-state index is -0.430. The Labute approximate surface area is 106 Å². The molecule has 0 spiro atoms. The molecule has 0 atom stereocenters. The van der Waals surface area contributed by atoms with Crippen molar-refractivity contribution >= 4 is 15.9 Å². The van der Waals surface area contributed by atoms with Crippen molar-refractivity contribution in [2.75, 3.05) is 0 Å². The molecule has 1 aliphatic rings. The Morgan fingerprint density at radius 2 is 2.12 bits per heavy atom. The van der Waals surface area contributed by atoms with Gasteiger partial charge >= 0.3 is 0 Å². The van der Waals surface area contributed by atoms with Crippen LogP contribution in [0.25, 0.3) is 11.7 Å². The summed E-state index contributed by atoms with van der Waals surface area (Å²) in [6.45, 7) is 0. The largest absolute Gasteiger partial charge is 0.458 e. The van der Waals surface area contributed by atoms with E-state index in [0.29, 0.717) is 17.5 Å². The van der Waals surface area contributed by atoms with Gasteiger partial charge in [0, 0.05) is 0 Å². The first-order chi connectivity index (χ1) is 8.19. The lowest BCUT2D eigenvalue weighted by molar-refractivity contribution is 0.368. The summed E-state index contributed by atoms with van der Waals surface area (Å²) in [7, 11) is 0. The molecule has 0 aromatic carbocycles. The van der Waals surface area contributed by atoms with Gasteiger partial charge in [-0.15, -0.1) is 0 Å². The lowest BCUT2D eigenvalue weighted by atomic mass is 9.99. The van der Waals surface area contributed by atoms with Crippen molar-refractivity contribution in [3.63, 3.8) is 0 Å². The number of nitrogens with two attached hydrogens (primary N) is 1. The first-order valence-electron chi connectivity index (χ1n) is 5.55. The summed E-state index contributed by atoms with van der Waals surface area (Å²) in [5, 5.41) is 3.98. The van der Waals surface area contributed by atoms with Crippen LogP contribution in [-0.2, 0) is 5.54 Å². The molecule has 5 nitrogen and oxygen atoms in total. The van der Waals surface area contributed by atoms with E-state index < -0.39 is 5.54 Å². The van der Waals surface area contributed by atoms with Crippen molar-refractivity contribution in [1.82, 2.24) is 10.1 Å². The third-order valence-electron chi connectivity index (χ3n) is 3.18. The van der Waals surface area contributed by atoms with Gasteiger partial charge < -0.3 is 14.7 Å². The number of nitrogens with zero attached hydrogens (tertiary/aromatic N) is 2. The molecule has 6 heteroatoms. The second-order valence-electron chi connectivity index (χ2n) is 4.38. The average Bonchev–Trinajstić information content (AvgIpc) is 2.97. The third kappa shape index (κ3) is 1.81. The Kier molecular flexibility index (Phi) is 2.56. The van der Waals surface area contributed by atoms with E-state index in [1.165, 1.54) is 0 Å². The third-order valence-corrected chi connectivity index (χ3v) is 3.80. The van der Waals surface area contributed by atoms with E-state index in [2.05, 4.69) is 26.1 Å². The molecule has 0 amide bonds. The molecule has 2 aromatic heterocycles. The van der Waals surface area contributed by atoms with Crippen molar-refractivity contribution in [1.29, 1.82) is 0 Å². The van der Waals surface area contributed by atoms with Crippen LogP contribution in [-0.4, -0.2) is 10.1 Å². The molecule has 0 unspecified atom stereocenters. The van der Waals surface area contributed by atoms with Gasteiger partial charge in [0.2, 0.25) is 5.76 Å². The van der Waals surface area contributed by atoms with Crippen LogP contribution in [0.5, 0.6) is 0 Å². The van der Waals surface area contributed by atoms with Crippen molar-refractivity contribution in [2.45, 2.75) is 31.2 Å². The highest BCUT2D eigenvalue weighted by Crippen LogP contribution is 2.36. The standard InChI is InChI=1S/C11H12BrN3O2/c12-7-3-6-16-8(7)9-14-10(15-17-9)11(13)4-1-2-5-11/h3,6H,1-2,4-5,13H2. The summed E-state index contributed by atoms with van der Waals surface area (Å²) in [4.78, 5) is 4.34. The second-order valence-corrected chi connectivity index (χ2v) is 5.24. The normalized spacial score (nSPS) is 18.7. The molecule has 2 N–H and O–H groups in total. The van der Waals surface area contributed by atoms with Crippen LogP contribution in [0.1, 0.15) is 31.5 Å². The van der Waals surface area contributed by atoms with E-state index in [9.17, 15) is 0 Å². The quantitative estimate of drug-likeness (QED) is 0.922. The maximum atomic E-state index is 6.26. The summed E-state index contributed by atoms with van der Waals surface area (Å²) in [5.74, 6) is 1.49. The monoisotopic (exact) mass is 297 g/mol. The van der Waals surface area contributed by atoms with E-state index in [1.54, 1.807) is 12.3 Å². The molecule has 90 valence electrons. The molecule has 0 radical (unpaired) electrons. The summed E-state index contributed by atoms with van der Waals surface area (Å²) in [6.07, 6.45) is 5.61. The highest BCUT2D eigenvalue weighted by molar-refractivity contribution is 9.10. The SMILES string of the molecule is NC1(c2noc(-c3occc3Br)n2)CCCC1. The highest BCUT2D eigenvalue weighted by atomic mass is 79.9. The Bertz CT molecular complexity index is 528. The number of hydrogen-bond acceptors (Lipinski definition) is 5. The van der Waals surface area contributed by atoms with Crippen molar-refractivity contribution in [2.24, 2.45) is 5.73 Å². The van der Waals surface area contributed by atoms with Gasteiger partial charge in [-0.3, -0.25) is 0 Å². The van der Waals surface area contributed by atoms with Crippen molar-refractivity contribution < 1.29 is 8.94 Å². The maximum Gasteiger partial charge on any atom is 0.294 e. The van der Waals surface area contributed by atoms with Crippen LogP contribution in [0.15, 0.2) is 25.7 Å². The van der Waals surface area contributed by atoms with Gasteiger partial charge in [0.1, 0.15) is 0 Å². The predicted octanol–water partition coefficient (Wildman–Crippen LogP) is 2.82. The molecule has 0 saturated heterocycles. The molecule has 2 aromatic rings. The van der Waals surface area contributed by atoms with Gasteiger partial charge in [-0.1, -0.05) is 18.0 Å². The molecule has 0 bridgehead atoms. The van der Waals surface area contributed by atoms with Crippen molar-refractivity contribution in [3.05, 3.63) is 22.6 Å². The molecule has 3 rings (SSSR count). The molecule has 17 heavy (non-hydrogen) atoms. The Morgan fingerprint density at radius 1 is 1.35 bits per heavy atom. The first-order valence-corrected chi connectivity index (χ1v) is 6.35. The fourth-order valence-electron chi connectivity index (χ4n) is 2.19. The van der Waals surface area contributed by atoms with Crippen LogP contribution in [0.2, 0.25) is 0 Å². The molecule has 1 aliphatic carbocycles. The number of hydrogen-bond donors (Lipinski definition) is 1. The number of aromatic nitrogens is 2. The molecule has 1 saturated carbocycles. The van der Waals surface area contributed by atoms with Crippen LogP contribution in [0.4, 0.5) is 0 Å². The second kappa shape index (κ2) is 3.96. The molecular formula is C11H12BrN3O2. The minimum absolute atomic E-state index is 0.369. The summed E-state index contributed by atoms with van der Waals surface area (Å²) >= 11 is 3.36. The van der Waals surface area contributed by atoms with Gasteiger partial charge in [0.05, 0.1) is 16.3 Å². The van der Waals surface area contributed by atoms with Gasteiger partial charge in [0.15, 0.2) is 5.82 Å². The van der Waals surface area contributed by atoms with E-state index in [4.69, 9.17) is 14.7 Å². The Morgan fingerprint density at radius 3 is 2.76 bits per heavy atom. The smallest absolute Gasteiger partial charge is 0.294 e. The van der Waals surface area contributed by atoms with E-state index in [0.717, 1.165) is 30.2 Å². The number of furan rings is 1. The predicted molar refractivity (Wildman–Crippen MR) is 64.0 cm³/mol. The molecule has 2 heterocycles. The fourth-order valence-corrected chi connectivity index (χ4v) is 2.56. The van der Waals surface area contributed by atoms with Crippen molar-refractivity contribution in [3.8, 4) is 11.7 Å². The molecule has 1 fully saturated rings. The first kappa shape index (κ1) is 11.0. The topological polar surface area (TPSA) is 78.1 Å². The van der Waals surface area contributed by atoms with Crippen LogP contribution >= 0.6 is 15.9 Å². The highest BCUT2D eigenvalue weighted by Gasteiger charge is 2.36. The average molecular weight is 298 g/mol. The zero-order valence-corrected chi connectivity index (χ0v) is 10.7. The summed E-state index contributed by atoms with van der Waals surface area (Å²) in [6, 6.07) is 1.78. The fraction of sp³-hybridized carbons (Fsp3) is 0.455. The van der Waals surface area contributed by atoms with E-state index in [1.807, 2.05) is 0 Å². The molecule has 0 aliphatic heterocycles. The van der Waals surface area contributed by atoms with Gasteiger partial charge in [-0.25, -0.2) is 0 Å². The van der Waals surface area contributed by atoms with Crippen LogP contribution in [0.3, 0.4) is 0 Å². The zero-order valence-electron chi connectivity index (χ0n) is 9.15. The maximum absolute atomic E-state index is 6.26. The lowest BCUT2D eigenvalue weighted by Gasteiger charge is -2.17. The van der Waals surface area contributed by atoms with Crippen LogP contribution in [0, 0.1) is 0 Å². The zero-order chi connectivity index (χ0) is 11.9. The van der Waals surface area contributed by atoms with Crippen LogP contribution < -0.4 is 5.73 Å². The van der Waals surface area contributed by atoms with E-state index in [-0.39, 0.29) is 0 Å². The van der Waals surface area contributed by atoms with E-state index >= 15 is 0 Å². The minimum Gasteiger partial charge on any atom is -0.458 e. The number of rotatable bonds is 2.